The number of ether oxygens (including phenoxy) is 1. The number of hydrogen-bond donors (Lipinski definition) is 3. The van der Waals surface area contributed by atoms with Gasteiger partial charge in [-0.05, 0) is 43.3 Å². The zero-order valence-electron chi connectivity index (χ0n) is 12.2. The van der Waals surface area contributed by atoms with E-state index in [4.69, 9.17) is 9.84 Å². The first-order valence-corrected chi connectivity index (χ1v) is 6.55. The summed E-state index contributed by atoms with van der Waals surface area (Å²) in [5.41, 5.74) is 1.66. The highest BCUT2D eigenvalue weighted by Crippen LogP contribution is 2.19. The zero-order valence-corrected chi connectivity index (χ0v) is 12.2. The minimum atomic E-state index is -1.09. The van der Waals surface area contributed by atoms with E-state index < -0.39 is 12.0 Å². The van der Waals surface area contributed by atoms with Crippen LogP contribution in [0.2, 0.25) is 0 Å². The van der Waals surface area contributed by atoms with Crippen molar-refractivity contribution in [3.63, 3.8) is 0 Å². The Labute approximate surface area is 127 Å². The third-order valence-corrected chi connectivity index (χ3v) is 3.00. The number of carboxylic acid groups (broad SMARTS) is 1. The minimum absolute atomic E-state index is 0.0462. The normalized spacial score (nSPS) is 9.91. The average molecular weight is 300 g/mol. The monoisotopic (exact) mass is 300 g/mol. The number of hydrogen-bond acceptors (Lipinski definition) is 3. The van der Waals surface area contributed by atoms with Gasteiger partial charge in [0.25, 0.3) is 0 Å². The Kier molecular flexibility index (Phi) is 4.63. The van der Waals surface area contributed by atoms with Crippen molar-refractivity contribution < 1.29 is 19.4 Å². The van der Waals surface area contributed by atoms with Crippen LogP contribution in [-0.2, 0) is 0 Å². The van der Waals surface area contributed by atoms with Gasteiger partial charge in [0.05, 0.1) is 18.4 Å². The van der Waals surface area contributed by atoms with E-state index in [0.29, 0.717) is 11.4 Å². The van der Waals surface area contributed by atoms with Crippen LogP contribution in [0.15, 0.2) is 42.5 Å². The summed E-state index contributed by atoms with van der Waals surface area (Å²) in [6.45, 7) is 1.79. The lowest BCUT2D eigenvalue weighted by atomic mass is 10.1. The van der Waals surface area contributed by atoms with Crippen LogP contribution in [-0.4, -0.2) is 24.2 Å². The lowest BCUT2D eigenvalue weighted by molar-refractivity contribution is 0.0698. The quantitative estimate of drug-likeness (QED) is 0.808. The van der Waals surface area contributed by atoms with E-state index in [1.807, 2.05) is 0 Å². The molecule has 0 atom stereocenters. The fourth-order valence-corrected chi connectivity index (χ4v) is 1.90. The summed E-state index contributed by atoms with van der Waals surface area (Å²) < 4.78 is 5.03. The molecule has 6 heteroatoms. The van der Waals surface area contributed by atoms with Gasteiger partial charge >= 0.3 is 12.0 Å². The molecule has 22 heavy (non-hydrogen) atoms. The van der Waals surface area contributed by atoms with Crippen LogP contribution in [0.4, 0.5) is 16.2 Å². The molecule has 2 aromatic carbocycles. The maximum absolute atomic E-state index is 11.9. The number of carbonyl (C=O) groups excluding carboxylic acids is 1. The highest BCUT2D eigenvalue weighted by atomic mass is 16.5. The number of amides is 2. The Morgan fingerprint density at radius 1 is 1.05 bits per heavy atom. The lowest BCUT2D eigenvalue weighted by Gasteiger charge is -2.11. The summed E-state index contributed by atoms with van der Waals surface area (Å²) in [6, 6.07) is 11.1. The first-order chi connectivity index (χ1) is 10.5. The van der Waals surface area contributed by atoms with Crippen LogP contribution < -0.4 is 15.4 Å². The Morgan fingerprint density at radius 2 is 1.73 bits per heavy atom. The van der Waals surface area contributed by atoms with Gasteiger partial charge in [-0.1, -0.05) is 11.6 Å². The van der Waals surface area contributed by atoms with Gasteiger partial charge in [-0.25, -0.2) is 9.59 Å². The number of methoxy groups -OCH3 is 1. The lowest BCUT2D eigenvalue weighted by Crippen LogP contribution is -2.21. The molecular formula is C16H16N2O4. The number of urea groups is 1. The molecule has 2 rings (SSSR count). The zero-order chi connectivity index (χ0) is 16.1. The van der Waals surface area contributed by atoms with E-state index in [1.165, 1.54) is 6.07 Å². The molecule has 0 saturated heterocycles. The van der Waals surface area contributed by atoms with E-state index in [0.717, 1.165) is 5.56 Å². The SMILES string of the molecule is COc1ccc(NC(=O)Nc2ccc(C)cc2C(=O)O)cc1. The van der Waals surface area contributed by atoms with Gasteiger partial charge in [-0.3, -0.25) is 0 Å². The van der Waals surface area contributed by atoms with Gasteiger partial charge < -0.3 is 20.5 Å². The number of aromatic carboxylic acids is 1. The van der Waals surface area contributed by atoms with Gasteiger partial charge in [-0.15, -0.1) is 0 Å². The van der Waals surface area contributed by atoms with Crippen LogP contribution in [0.1, 0.15) is 15.9 Å². The summed E-state index contributed by atoms with van der Waals surface area (Å²) in [5.74, 6) is -0.416. The molecule has 3 N–H and O–H groups in total. The standard InChI is InChI=1S/C16H16N2O4/c1-10-3-8-14(13(9-10)15(19)20)18-16(21)17-11-4-6-12(22-2)7-5-11/h3-9H,1-2H3,(H,19,20)(H2,17,18,21). The second-order valence-electron chi connectivity index (χ2n) is 4.66. The van der Waals surface area contributed by atoms with Crippen molar-refractivity contribution in [1.82, 2.24) is 0 Å². The fraction of sp³-hybridized carbons (Fsp3) is 0.125. The first-order valence-electron chi connectivity index (χ1n) is 6.55. The summed E-state index contributed by atoms with van der Waals surface area (Å²) in [5, 5.41) is 14.3. The molecule has 2 amide bonds. The van der Waals surface area contributed by atoms with Gasteiger partial charge in [0, 0.05) is 5.69 Å². The Morgan fingerprint density at radius 3 is 2.32 bits per heavy atom. The Balaban J connectivity index is 2.10. The molecule has 0 fully saturated rings. The molecule has 2 aromatic rings. The summed E-state index contributed by atoms with van der Waals surface area (Å²) in [4.78, 5) is 23.1. The van der Waals surface area contributed by atoms with Crippen molar-refractivity contribution >= 4 is 23.4 Å². The van der Waals surface area contributed by atoms with Crippen molar-refractivity contribution in [1.29, 1.82) is 0 Å². The van der Waals surface area contributed by atoms with Gasteiger partial charge in [0.2, 0.25) is 0 Å². The maximum atomic E-state index is 11.9. The molecule has 6 nitrogen and oxygen atoms in total. The molecular weight excluding hydrogens is 284 g/mol. The molecule has 0 saturated carbocycles. The highest BCUT2D eigenvalue weighted by Gasteiger charge is 2.12. The molecule has 0 radical (unpaired) electrons. The van der Waals surface area contributed by atoms with Gasteiger partial charge in [-0.2, -0.15) is 0 Å². The van der Waals surface area contributed by atoms with Crippen LogP contribution in [0.3, 0.4) is 0 Å². The van der Waals surface area contributed by atoms with Gasteiger partial charge in [0.15, 0.2) is 0 Å². The molecule has 0 aliphatic carbocycles. The largest absolute Gasteiger partial charge is 0.497 e. The topological polar surface area (TPSA) is 87.7 Å². The number of benzene rings is 2. The third-order valence-electron chi connectivity index (χ3n) is 3.00. The van der Waals surface area contributed by atoms with E-state index in [1.54, 1.807) is 50.4 Å². The summed E-state index contributed by atoms with van der Waals surface area (Å²) in [7, 11) is 1.56. The average Bonchev–Trinajstić information content (AvgIpc) is 2.49. The summed E-state index contributed by atoms with van der Waals surface area (Å²) in [6.07, 6.45) is 0. The first kappa shape index (κ1) is 15.4. The van der Waals surface area contributed by atoms with E-state index in [9.17, 15) is 9.59 Å². The predicted octanol–water partition coefficient (Wildman–Crippen LogP) is 3.35. The Bertz CT molecular complexity index is 696. The molecule has 0 bridgehead atoms. The molecule has 0 unspecified atom stereocenters. The minimum Gasteiger partial charge on any atom is -0.497 e. The molecule has 114 valence electrons. The van der Waals surface area contributed by atoms with E-state index in [-0.39, 0.29) is 11.3 Å². The number of nitrogens with one attached hydrogen (secondary N) is 2. The smallest absolute Gasteiger partial charge is 0.337 e. The number of aryl methyl sites for hydroxylation is 1. The number of carboxylic acids is 1. The van der Waals surface area contributed by atoms with Crippen molar-refractivity contribution in [3.8, 4) is 5.75 Å². The molecule has 0 heterocycles. The second-order valence-corrected chi connectivity index (χ2v) is 4.66. The third kappa shape index (κ3) is 3.76. The number of rotatable bonds is 4. The maximum Gasteiger partial charge on any atom is 0.337 e. The molecule has 0 spiro atoms. The molecule has 0 aromatic heterocycles. The van der Waals surface area contributed by atoms with E-state index in [2.05, 4.69) is 10.6 Å². The van der Waals surface area contributed by atoms with Crippen molar-refractivity contribution in [3.05, 3.63) is 53.6 Å². The van der Waals surface area contributed by atoms with Crippen LogP contribution in [0.5, 0.6) is 5.75 Å². The van der Waals surface area contributed by atoms with Crippen LogP contribution in [0, 0.1) is 6.92 Å². The number of carbonyl (C=O) groups is 2. The van der Waals surface area contributed by atoms with Crippen LogP contribution in [0.25, 0.3) is 0 Å². The van der Waals surface area contributed by atoms with E-state index >= 15 is 0 Å². The Hall–Kier alpha value is -3.02. The van der Waals surface area contributed by atoms with Gasteiger partial charge in [0.1, 0.15) is 5.75 Å². The second kappa shape index (κ2) is 6.62. The van der Waals surface area contributed by atoms with Crippen LogP contribution >= 0.6 is 0 Å². The molecule has 0 aliphatic heterocycles. The van der Waals surface area contributed by atoms with Crippen molar-refractivity contribution in [2.45, 2.75) is 6.92 Å². The number of anilines is 2. The predicted molar refractivity (Wildman–Crippen MR) is 83.8 cm³/mol. The van der Waals surface area contributed by atoms with Crippen molar-refractivity contribution in [2.75, 3.05) is 17.7 Å². The fourth-order valence-electron chi connectivity index (χ4n) is 1.90. The van der Waals surface area contributed by atoms with Crippen molar-refractivity contribution in [2.24, 2.45) is 0 Å². The summed E-state index contributed by atoms with van der Waals surface area (Å²) >= 11 is 0. The molecule has 0 aliphatic rings. The highest BCUT2D eigenvalue weighted by molar-refractivity contribution is 6.04.